The molecule has 2 rings (SSSR count). The third-order valence-electron chi connectivity index (χ3n) is 3.11. The molecule has 0 unspecified atom stereocenters. The van der Waals surface area contributed by atoms with Gasteiger partial charge in [-0.05, 0) is 18.2 Å². The van der Waals surface area contributed by atoms with Crippen LogP contribution in [-0.4, -0.2) is 25.8 Å². The molecule has 1 saturated heterocycles. The molecular weight excluding hydrogens is 241 g/mol. The van der Waals surface area contributed by atoms with E-state index in [0.29, 0.717) is 36.4 Å². The Balaban J connectivity index is 2.24. The summed E-state index contributed by atoms with van der Waals surface area (Å²) in [5.41, 5.74) is 0.392. The Morgan fingerprint density at radius 2 is 2.18 bits per heavy atom. The van der Waals surface area contributed by atoms with E-state index in [1.54, 1.807) is 12.1 Å². The van der Waals surface area contributed by atoms with Crippen molar-refractivity contribution in [2.24, 2.45) is 0 Å². The number of ether oxygens (including phenoxy) is 1. The first-order valence-electron chi connectivity index (χ1n) is 5.80. The molecule has 1 aromatic rings. The van der Waals surface area contributed by atoms with Crippen molar-refractivity contribution in [1.82, 2.24) is 5.32 Å². The molecule has 1 aliphatic rings. The van der Waals surface area contributed by atoms with Gasteiger partial charge in [-0.1, -0.05) is 25.4 Å². The molecule has 0 aliphatic carbocycles. The quantitative estimate of drug-likeness (QED) is 0.896. The molecule has 0 bridgehead atoms. The number of halogens is 2. The standard InChI is InChI=1S/C13H17ClFNO/c1-9(2)16-6-13(7-17-8-13)11-5-10(14)3-4-12(11)15/h3-5,9,16H,6-8H2,1-2H3. The summed E-state index contributed by atoms with van der Waals surface area (Å²) in [7, 11) is 0. The van der Waals surface area contributed by atoms with Crippen LogP contribution in [0.4, 0.5) is 4.39 Å². The van der Waals surface area contributed by atoms with Crippen LogP contribution in [0.5, 0.6) is 0 Å². The Kier molecular flexibility index (Phi) is 3.71. The first-order valence-corrected chi connectivity index (χ1v) is 6.18. The van der Waals surface area contributed by atoms with Crippen LogP contribution in [0.3, 0.4) is 0 Å². The molecule has 2 nitrogen and oxygen atoms in total. The third kappa shape index (κ3) is 2.62. The van der Waals surface area contributed by atoms with Crippen LogP contribution in [0.25, 0.3) is 0 Å². The van der Waals surface area contributed by atoms with Crippen molar-refractivity contribution in [1.29, 1.82) is 0 Å². The van der Waals surface area contributed by atoms with E-state index in [1.165, 1.54) is 6.07 Å². The Morgan fingerprint density at radius 1 is 1.47 bits per heavy atom. The van der Waals surface area contributed by atoms with Gasteiger partial charge in [0.05, 0.1) is 18.6 Å². The summed E-state index contributed by atoms with van der Waals surface area (Å²) in [6, 6.07) is 5.08. The van der Waals surface area contributed by atoms with E-state index < -0.39 is 0 Å². The minimum Gasteiger partial charge on any atom is -0.379 e. The van der Waals surface area contributed by atoms with Gasteiger partial charge >= 0.3 is 0 Å². The van der Waals surface area contributed by atoms with Gasteiger partial charge in [-0.25, -0.2) is 4.39 Å². The molecule has 4 heteroatoms. The van der Waals surface area contributed by atoms with Crippen molar-refractivity contribution in [3.05, 3.63) is 34.6 Å². The highest BCUT2D eigenvalue weighted by atomic mass is 35.5. The molecule has 0 saturated carbocycles. The smallest absolute Gasteiger partial charge is 0.127 e. The third-order valence-corrected chi connectivity index (χ3v) is 3.34. The summed E-state index contributed by atoms with van der Waals surface area (Å²) in [5.74, 6) is -0.205. The summed E-state index contributed by atoms with van der Waals surface area (Å²) < 4.78 is 19.1. The van der Waals surface area contributed by atoms with Gasteiger partial charge in [0.15, 0.2) is 0 Å². The summed E-state index contributed by atoms with van der Waals surface area (Å²) in [5, 5.41) is 3.91. The van der Waals surface area contributed by atoms with Gasteiger partial charge in [-0.15, -0.1) is 0 Å². The van der Waals surface area contributed by atoms with Crippen LogP contribution in [-0.2, 0) is 10.2 Å². The van der Waals surface area contributed by atoms with Gasteiger partial charge in [-0.2, -0.15) is 0 Å². The van der Waals surface area contributed by atoms with Crippen molar-refractivity contribution < 1.29 is 9.13 Å². The predicted octanol–water partition coefficient (Wildman–Crippen LogP) is 2.75. The Morgan fingerprint density at radius 3 is 2.71 bits per heavy atom. The average molecular weight is 258 g/mol. The molecule has 0 atom stereocenters. The molecule has 0 amide bonds. The predicted molar refractivity (Wildman–Crippen MR) is 67.0 cm³/mol. The molecule has 1 aromatic carbocycles. The van der Waals surface area contributed by atoms with Gasteiger partial charge in [0.25, 0.3) is 0 Å². The highest BCUT2D eigenvalue weighted by Gasteiger charge is 2.42. The van der Waals surface area contributed by atoms with E-state index in [-0.39, 0.29) is 11.2 Å². The van der Waals surface area contributed by atoms with E-state index in [0.717, 1.165) is 0 Å². The number of rotatable bonds is 4. The number of hydrogen-bond acceptors (Lipinski definition) is 2. The van der Waals surface area contributed by atoms with Gasteiger partial charge in [0.2, 0.25) is 0 Å². The fraction of sp³-hybridized carbons (Fsp3) is 0.538. The van der Waals surface area contributed by atoms with Crippen molar-refractivity contribution in [3.8, 4) is 0 Å². The van der Waals surface area contributed by atoms with Crippen LogP contribution in [0, 0.1) is 5.82 Å². The van der Waals surface area contributed by atoms with Crippen molar-refractivity contribution in [2.45, 2.75) is 25.3 Å². The molecule has 1 N–H and O–H groups in total. The minimum absolute atomic E-state index is 0.205. The average Bonchev–Trinajstić information content (AvgIpc) is 2.21. The fourth-order valence-corrected chi connectivity index (χ4v) is 2.18. The summed E-state index contributed by atoms with van der Waals surface area (Å²) >= 11 is 5.94. The lowest BCUT2D eigenvalue weighted by Crippen LogP contribution is -2.54. The maximum absolute atomic E-state index is 13.9. The molecule has 1 fully saturated rings. The van der Waals surface area contributed by atoms with Gasteiger partial charge in [0, 0.05) is 23.2 Å². The Hall–Kier alpha value is -0.640. The number of benzene rings is 1. The van der Waals surface area contributed by atoms with Gasteiger partial charge in [0.1, 0.15) is 5.82 Å². The van der Waals surface area contributed by atoms with Crippen molar-refractivity contribution >= 4 is 11.6 Å². The lowest BCUT2D eigenvalue weighted by Gasteiger charge is -2.42. The zero-order valence-electron chi connectivity index (χ0n) is 10.1. The highest BCUT2D eigenvalue weighted by Crippen LogP contribution is 2.35. The lowest BCUT2D eigenvalue weighted by molar-refractivity contribution is -0.0612. The molecule has 0 radical (unpaired) electrons. The zero-order valence-corrected chi connectivity index (χ0v) is 10.9. The monoisotopic (exact) mass is 257 g/mol. The number of hydrogen-bond donors (Lipinski definition) is 1. The van der Waals surface area contributed by atoms with Crippen LogP contribution in [0.1, 0.15) is 19.4 Å². The molecule has 0 aromatic heterocycles. The summed E-state index contributed by atoms with van der Waals surface area (Å²) in [4.78, 5) is 0. The van der Waals surface area contributed by atoms with E-state index in [2.05, 4.69) is 19.2 Å². The summed E-state index contributed by atoms with van der Waals surface area (Å²) in [6.45, 7) is 5.94. The fourth-order valence-electron chi connectivity index (χ4n) is 2.00. The second-order valence-electron chi connectivity index (χ2n) is 4.93. The largest absolute Gasteiger partial charge is 0.379 e. The molecule has 1 aliphatic heterocycles. The van der Waals surface area contributed by atoms with Crippen LogP contribution in [0.2, 0.25) is 5.02 Å². The molecule has 1 heterocycles. The maximum Gasteiger partial charge on any atom is 0.127 e. The first kappa shape index (κ1) is 12.8. The lowest BCUT2D eigenvalue weighted by atomic mass is 9.78. The maximum atomic E-state index is 13.9. The van der Waals surface area contributed by atoms with Gasteiger partial charge in [-0.3, -0.25) is 0 Å². The molecule has 94 valence electrons. The van der Waals surface area contributed by atoms with E-state index in [1.807, 2.05) is 0 Å². The minimum atomic E-state index is -0.265. The van der Waals surface area contributed by atoms with Crippen LogP contribution in [0.15, 0.2) is 18.2 Å². The Labute approximate surface area is 106 Å². The SMILES string of the molecule is CC(C)NCC1(c2cc(Cl)ccc2F)COC1. The summed E-state index contributed by atoms with van der Waals surface area (Å²) in [6.07, 6.45) is 0. The first-order chi connectivity index (χ1) is 8.03. The van der Waals surface area contributed by atoms with Crippen LogP contribution >= 0.6 is 11.6 Å². The van der Waals surface area contributed by atoms with Crippen molar-refractivity contribution in [2.75, 3.05) is 19.8 Å². The molecular formula is C13H17ClFNO. The highest BCUT2D eigenvalue weighted by molar-refractivity contribution is 6.30. The molecule has 0 spiro atoms. The van der Waals surface area contributed by atoms with Crippen molar-refractivity contribution in [3.63, 3.8) is 0 Å². The zero-order chi connectivity index (χ0) is 12.5. The second kappa shape index (κ2) is 4.92. The van der Waals surface area contributed by atoms with E-state index >= 15 is 0 Å². The van der Waals surface area contributed by atoms with Gasteiger partial charge < -0.3 is 10.1 Å². The van der Waals surface area contributed by atoms with Crippen LogP contribution < -0.4 is 5.32 Å². The van der Waals surface area contributed by atoms with E-state index in [4.69, 9.17) is 16.3 Å². The van der Waals surface area contributed by atoms with E-state index in [9.17, 15) is 4.39 Å². The Bertz CT molecular complexity index is 404. The number of nitrogens with one attached hydrogen (secondary N) is 1. The topological polar surface area (TPSA) is 21.3 Å². The normalized spacial score (nSPS) is 18.2. The molecule has 17 heavy (non-hydrogen) atoms. The second-order valence-corrected chi connectivity index (χ2v) is 5.37.